The molecule has 4 nitrogen and oxygen atoms in total. The van der Waals surface area contributed by atoms with E-state index in [1.54, 1.807) is 5.38 Å². The lowest BCUT2D eigenvalue weighted by molar-refractivity contribution is -0.122. The first-order chi connectivity index (χ1) is 12.1. The Bertz CT molecular complexity index is 970. The first-order valence-electron chi connectivity index (χ1n) is 7.83. The highest BCUT2D eigenvalue weighted by Crippen LogP contribution is 2.28. The van der Waals surface area contributed by atoms with Crippen molar-refractivity contribution in [3.05, 3.63) is 70.6 Å². The van der Waals surface area contributed by atoms with Crippen molar-refractivity contribution in [2.24, 2.45) is 5.92 Å². The zero-order chi connectivity index (χ0) is 17.8. The molecule has 0 aliphatic rings. The molecule has 0 fully saturated rings. The third-order valence-corrected chi connectivity index (χ3v) is 4.90. The Morgan fingerprint density at radius 3 is 2.68 bits per heavy atom. The molecule has 1 atom stereocenters. The maximum absolute atomic E-state index is 12.7. The monoisotopic (exact) mass is 348 g/mol. The van der Waals surface area contributed by atoms with Crippen LogP contribution in [-0.4, -0.2) is 11.7 Å². The van der Waals surface area contributed by atoms with Gasteiger partial charge in [-0.05, 0) is 24.1 Å². The van der Waals surface area contributed by atoms with Gasteiger partial charge in [-0.1, -0.05) is 42.5 Å². The van der Waals surface area contributed by atoms with E-state index in [-0.39, 0.29) is 6.54 Å². The fourth-order valence-electron chi connectivity index (χ4n) is 2.61. The van der Waals surface area contributed by atoms with Gasteiger partial charge in [0, 0.05) is 27.6 Å². The van der Waals surface area contributed by atoms with Crippen molar-refractivity contribution in [1.82, 2.24) is 5.32 Å². The fourth-order valence-corrected chi connectivity index (χ4v) is 3.65. The van der Waals surface area contributed by atoms with Gasteiger partial charge < -0.3 is 5.32 Å². The second kappa shape index (κ2) is 7.29. The van der Waals surface area contributed by atoms with Gasteiger partial charge >= 0.3 is 0 Å². The zero-order valence-electron chi connectivity index (χ0n) is 13.7. The average Bonchev–Trinajstić information content (AvgIpc) is 3.04. The molecule has 0 bridgehead atoms. The van der Waals surface area contributed by atoms with Gasteiger partial charge in [0.15, 0.2) is 11.7 Å². The van der Waals surface area contributed by atoms with E-state index in [9.17, 15) is 14.9 Å². The molecule has 0 saturated carbocycles. The van der Waals surface area contributed by atoms with Gasteiger partial charge in [-0.15, -0.1) is 11.3 Å². The predicted octanol–water partition coefficient (Wildman–Crippen LogP) is 3.85. The summed E-state index contributed by atoms with van der Waals surface area (Å²) in [6.45, 7) is 2.27. The van der Waals surface area contributed by atoms with Crippen molar-refractivity contribution in [2.45, 2.75) is 13.5 Å². The third-order valence-electron chi connectivity index (χ3n) is 3.96. The summed E-state index contributed by atoms with van der Waals surface area (Å²) in [6.07, 6.45) is 0. The van der Waals surface area contributed by atoms with E-state index in [2.05, 4.69) is 5.32 Å². The van der Waals surface area contributed by atoms with Gasteiger partial charge in [-0.2, -0.15) is 5.26 Å². The molecule has 5 heteroatoms. The Morgan fingerprint density at radius 2 is 1.96 bits per heavy atom. The van der Waals surface area contributed by atoms with E-state index in [0.29, 0.717) is 5.56 Å². The molecule has 3 aromatic rings. The first-order valence-corrected chi connectivity index (χ1v) is 8.71. The molecule has 0 unspecified atom stereocenters. The molecule has 25 heavy (non-hydrogen) atoms. The Kier molecular flexibility index (Phi) is 4.92. The number of ketones is 1. The number of hydrogen-bond acceptors (Lipinski definition) is 4. The fraction of sp³-hybridized carbons (Fsp3) is 0.150. The summed E-state index contributed by atoms with van der Waals surface area (Å²) in [5.41, 5.74) is 2.45. The summed E-state index contributed by atoms with van der Waals surface area (Å²) in [6, 6.07) is 17.0. The van der Waals surface area contributed by atoms with Crippen molar-refractivity contribution in [1.29, 1.82) is 5.26 Å². The van der Waals surface area contributed by atoms with E-state index in [0.717, 1.165) is 21.2 Å². The minimum absolute atomic E-state index is 0.286. The summed E-state index contributed by atoms with van der Waals surface area (Å²) in [5, 5.41) is 14.5. The number of fused-ring (bicyclic) bond motifs is 1. The van der Waals surface area contributed by atoms with Crippen molar-refractivity contribution in [3.63, 3.8) is 0 Å². The van der Waals surface area contributed by atoms with Gasteiger partial charge in [0.25, 0.3) is 0 Å². The minimum atomic E-state index is -1.34. The molecule has 0 spiro atoms. The van der Waals surface area contributed by atoms with Crippen molar-refractivity contribution in [2.75, 3.05) is 0 Å². The van der Waals surface area contributed by atoms with Gasteiger partial charge in [0.1, 0.15) is 0 Å². The minimum Gasteiger partial charge on any atom is -0.350 e. The number of carbonyl (C=O) groups excluding carboxylic acids is 2. The highest BCUT2D eigenvalue weighted by molar-refractivity contribution is 7.17. The Hall–Kier alpha value is -2.97. The lowest BCUT2D eigenvalue weighted by Crippen LogP contribution is -2.34. The molecule has 1 N–H and O–H groups in total. The topological polar surface area (TPSA) is 70.0 Å². The molecule has 0 aliphatic carbocycles. The second-order valence-corrected chi connectivity index (χ2v) is 6.69. The predicted molar refractivity (Wildman–Crippen MR) is 98.3 cm³/mol. The molecule has 124 valence electrons. The Morgan fingerprint density at radius 1 is 1.20 bits per heavy atom. The van der Waals surface area contributed by atoms with Crippen LogP contribution in [0.5, 0.6) is 0 Å². The van der Waals surface area contributed by atoms with E-state index in [4.69, 9.17) is 0 Å². The lowest BCUT2D eigenvalue weighted by atomic mass is 9.97. The quantitative estimate of drug-likeness (QED) is 0.562. The molecule has 0 saturated heterocycles. The summed E-state index contributed by atoms with van der Waals surface area (Å²) in [5.74, 6) is -2.37. The molecule has 3 rings (SSSR count). The van der Waals surface area contributed by atoms with Crippen LogP contribution in [0.15, 0.2) is 53.9 Å². The number of aryl methyl sites for hydroxylation is 1. The van der Waals surface area contributed by atoms with Crippen LogP contribution in [0.1, 0.15) is 21.5 Å². The smallest absolute Gasteiger partial charge is 0.245 e. The Balaban J connectivity index is 1.78. The molecule has 1 heterocycles. The third kappa shape index (κ3) is 3.59. The van der Waals surface area contributed by atoms with Gasteiger partial charge in [-0.3, -0.25) is 9.59 Å². The van der Waals surface area contributed by atoms with Gasteiger partial charge in [0.2, 0.25) is 5.91 Å². The maximum Gasteiger partial charge on any atom is 0.245 e. The summed E-state index contributed by atoms with van der Waals surface area (Å²) < 4.78 is 0.977. The van der Waals surface area contributed by atoms with Crippen LogP contribution in [0.25, 0.3) is 10.1 Å². The van der Waals surface area contributed by atoms with Crippen LogP contribution in [0, 0.1) is 24.2 Å². The van der Waals surface area contributed by atoms with Crippen molar-refractivity contribution >= 4 is 33.1 Å². The van der Waals surface area contributed by atoms with Crippen molar-refractivity contribution < 1.29 is 9.59 Å². The van der Waals surface area contributed by atoms with E-state index < -0.39 is 17.6 Å². The number of benzene rings is 2. The first kappa shape index (κ1) is 16.9. The SMILES string of the molecule is Cc1ccc2c(C(=O)[C@H](C#N)C(=O)NCc3ccccc3)csc2c1. The number of Topliss-reactive ketones (excluding diaryl/α,β-unsaturated/α-hetero) is 1. The molecule has 1 aromatic heterocycles. The largest absolute Gasteiger partial charge is 0.350 e. The molecule has 0 aliphatic heterocycles. The number of nitriles is 1. The maximum atomic E-state index is 12.7. The van der Waals surface area contributed by atoms with Gasteiger partial charge in [0.05, 0.1) is 6.07 Å². The van der Waals surface area contributed by atoms with Gasteiger partial charge in [-0.25, -0.2) is 0 Å². The summed E-state index contributed by atoms with van der Waals surface area (Å²) in [7, 11) is 0. The molecule has 1 amide bonds. The lowest BCUT2D eigenvalue weighted by Gasteiger charge is -2.09. The average molecular weight is 348 g/mol. The molecule has 2 aromatic carbocycles. The van der Waals surface area contributed by atoms with Crippen LogP contribution in [-0.2, 0) is 11.3 Å². The Labute approximate surface area is 149 Å². The second-order valence-electron chi connectivity index (χ2n) is 5.78. The molecular weight excluding hydrogens is 332 g/mol. The normalized spacial score (nSPS) is 11.7. The summed E-state index contributed by atoms with van der Waals surface area (Å²) in [4.78, 5) is 25.0. The highest BCUT2D eigenvalue weighted by Gasteiger charge is 2.29. The number of nitrogens with zero attached hydrogens (tertiary/aromatic N) is 1. The molecule has 0 radical (unpaired) electrons. The number of carbonyl (C=O) groups is 2. The number of hydrogen-bond donors (Lipinski definition) is 1. The number of nitrogens with one attached hydrogen (secondary N) is 1. The van der Waals surface area contributed by atoms with E-state index >= 15 is 0 Å². The summed E-state index contributed by atoms with van der Waals surface area (Å²) >= 11 is 1.44. The highest BCUT2D eigenvalue weighted by atomic mass is 32.1. The zero-order valence-corrected chi connectivity index (χ0v) is 14.5. The number of rotatable bonds is 5. The van der Waals surface area contributed by atoms with Crippen LogP contribution in [0.3, 0.4) is 0 Å². The van der Waals surface area contributed by atoms with E-state index in [1.165, 1.54) is 11.3 Å². The van der Waals surface area contributed by atoms with Crippen molar-refractivity contribution in [3.8, 4) is 6.07 Å². The van der Waals surface area contributed by atoms with E-state index in [1.807, 2.05) is 61.5 Å². The van der Waals surface area contributed by atoms with Crippen LogP contribution in [0.4, 0.5) is 0 Å². The standard InChI is InChI=1S/C20H16N2O2S/c1-13-7-8-15-17(12-25-18(15)9-13)19(23)16(10-21)20(24)22-11-14-5-3-2-4-6-14/h2-9,12,16H,11H2,1H3,(H,22,24)/t16-/m0/s1. The van der Waals surface area contributed by atoms with Crippen LogP contribution >= 0.6 is 11.3 Å². The molecular formula is C20H16N2O2S. The van der Waals surface area contributed by atoms with Crippen LogP contribution < -0.4 is 5.32 Å². The number of thiophene rings is 1. The number of amides is 1. The van der Waals surface area contributed by atoms with Crippen LogP contribution in [0.2, 0.25) is 0 Å².